The first-order valence-electron chi connectivity index (χ1n) is 10.2. The molecule has 1 aliphatic rings. The van der Waals surface area contributed by atoms with Crippen LogP contribution in [0.2, 0.25) is 0 Å². The predicted molar refractivity (Wildman–Crippen MR) is 115 cm³/mol. The van der Waals surface area contributed by atoms with Gasteiger partial charge in [-0.05, 0) is 84.1 Å². The van der Waals surface area contributed by atoms with E-state index in [1.165, 1.54) is 0 Å². The van der Waals surface area contributed by atoms with E-state index in [1.807, 2.05) is 20.8 Å². The van der Waals surface area contributed by atoms with Crippen molar-refractivity contribution < 1.29 is 18.0 Å². The number of nitrogens with one attached hydrogen (secondary N) is 3. The number of rotatable bonds is 7. The maximum Gasteiger partial charge on any atom is 0.251 e. The van der Waals surface area contributed by atoms with E-state index >= 15 is 0 Å². The average molecular weight is 424 g/mol. The third-order valence-corrected chi connectivity index (χ3v) is 7.12. The fourth-order valence-corrected chi connectivity index (χ4v) is 4.34. The predicted octanol–water partition coefficient (Wildman–Crippen LogP) is 2.96. The van der Waals surface area contributed by atoms with E-state index in [9.17, 15) is 18.0 Å². The maximum absolute atomic E-state index is 12.7. The lowest BCUT2D eigenvalue weighted by Crippen LogP contribution is -2.42. The molecule has 0 spiro atoms. The molecule has 0 saturated heterocycles. The molecule has 1 fully saturated rings. The molecule has 7 nitrogen and oxygen atoms in total. The first kappa shape index (κ1) is 23.3. The van der Waals surface area contributed by atoms with Gasteiger partial charge >= 0.3 is 0 Å². The van der Waals surface area contributed by atoms with Gasteiger partial charge in [-0.15, -0.1) is 0 Å². The van der Waals surface area contributed by atoms with Gasteiger partial charge in [-0.1, -0.05) is 0 Å². The Labute approximate surface area is 174 Å². The zero-order chi connectivity index (χ0) is 21.8. The fraction of sp³-hybridized carbons (Fsp3) is 0.619. The SMILES string of the molecule is Cc1cc(C(=O)NC(C)C)ccc1NC(=O)[C@H]1CC[C@H](NS(=O)(=O)C(C)C)CC1. The second kappa shape index (κ2) is 9.71. The Morgan fingerprint density at radius 3 is 2.17 bits per heavy atom. The van der Waals surface area contributed by atoms with Crippen LogP contribution in [0.3, 0.4) is 0 Å². The summed E-state index contributed by atoms with van der Waals surface area (Å²) in [6.45, 7) is 8.98. The van der Waals surface area contributed by atoms with Crippen molar-refractivity contribution in [3.63, 3.8) is 0 Å². The summed E-state index contributed by atoms with van der Waals surface area (Å²) in [6.07, 6.45) is 2.59. The van der Waals surface area contributed by atoms with Gasteiger partial charge in [0.2, 0.25) is 15.9 Å². The van der Waals surface area contributed by atoms with Gasteiger partial charge in [-0.2, -0.15) is 0 Å². The number of amides is 2. The van der Waals surface area contributed by atoms with Crippen LogP contribution in [-0.2, 0) is 14.8 Å². The summed E-state index contributed by atoms with van der Waals surface area (Å²) >= 11 is 0. The molecular formula is C21H33N3O4S. The highest BCUT2D eigenvalue weighted by molar-refractivity contribution is 7.90. The van der Waals surface area contributed by atoms with Crippen molar-refractivity contribution >= 4 is 27.5 Å². The lowest BCUT2D eigenvalue weighted by Gasteiger charge is -2.29. The van der Waals surface area contributed by atoms with Crippen LogP contribution in [-0.4, -0.2) is 37.6 Å². The Morgan fingerprint density at radius 1 is 1.03 bits per heavy atom. The average Bonchev–Trinajstić information content (AvgIpc) is 2.62. The monoisotopic (exact) mass is 423 g/mol. The van der Waals surface area contributed by atoms with Gasteiger partial charge in [0, 0.05) is 29.3 Å². The number of aryl methyl sites for hydroxylation is 1. The normalized spacial score (nSPS) is 20.0. The zero-order valence-corrected chi connectivity index (χ0v) is 18.7. The minimum Gasteiger partial charge on any atom is -0.350 e. The van der Waals surface area contributed by atoms with Crippen LogP contribution in [0.4, 0.5) is 5.69 Å². The van der Waals surface area contributed by atoms with E-state index < -0.39 is 15.3 Å². The van der Waals surface area contributed by atoms with E-state index in [-0.39, 0.29) is 29.8 Å². The second-order valence-corrected chi connectivity index (χ2v) is 10.7. The van der Waals surface area contributed by atoms with E-state index in [4.69, 9.17) is 0 Å². The van der Waals surface area contributed by atoms with Crippen LogP contribution in [0.25, 0.3) is 0 Å². The molecule has 29 heavy (non-hydrogen) atoms. The van der Waals surface area contributed by atoms with Crippen LogP contribution >= 0.6 is 0 Å². The van der Waals surface area contributed by atoms with Crippen LogP contribution < -0.4 is 15.4 Å². The van der Waals surface area contributed by atoms with Crippen LogP contribution in [0.5, 0.6) is 0 Å². The largest absolute Gasteiger partial charge is 0.350 e. The zero-order valence-electron chi connectivity index (χ0n) is 17.9. The highest BCUT2D eigenvalue weighted by Gasteiger charge is 2.29. The number of benzene rings is 1. The molecule has 2 rings (SSSR count). The van der Waals surface area contributed by atoms with Gasteiger partial charge < -0.3 is 10.6 Å². The molecule has 0 radical (unpaired) electrons. The van der Waals surface area contributed by atoms with Crippen molar-refractivity contribution in [2.75, 3.05) is 5.32 Å². The Kier molecular flexibility index (Phi) is 7.82. The van der Waals surface area contributed by atoms with Gasteiger partial charge in [0.15, 0.2) is 0 Å². The molecule has 1 aromatic rings. The molecule has 3 N–H and O–H groups in total. The highest BCUT2D eigenvalue weighted by atomic mass is 32.2. The Balaban J connectivity index is 1.92. The summed E-state index contributed by atoms with van der Waals surface area (Å²) in [5.41, 5.74) is 2.08. The van der Waals surface area contributed by atoms with Gasteiger partial charge in [0.05, 0.1) is 5.25 Å². The number of carbonyl (C=O) groups excluding carboxylic acids is 2. The van der Waals surface area contributed by atoms with Crippen molar-refractivity contribution in [3.05, 3.63) is 29.3 Å². The minimum atomic E-state index is -3.29. The van der Waals surface area contributed by atoms with E-state index in [0.29, 0.717) is 36.9 Å². The van der Waals surface area contributed by atoms with Crippen LogP contribution in [0.1, 0.15) is 69.3 Å². The molecule has 162 valence electrons. The number of hydrogen-bond acceptors (Lipinski definition) is 4. The standard InChI is InChI=1S/C21H33N3O4S/c1-13(2)22-21(26)17-8-11-19(15(5)12-17)23-20(25)16-6-9-18(10-7-16)24-29(27,28)14(3)4/h8,11-14,16,18,24H,6-7,9-10H2,1-5H3,(H,22,26)(H,23,25)/t16-,18-. The summed E-state index contributed by atoms with van der Waals surface area (Å²) in [4.78, 5) is 24.8. The summed E-state index contributed by atoms with van der Waals surface area (Å²) < 4.78 is 26.8. The molecule has 1 aromatic carbocycles. The second-order valence-electron chi connectivity index (χ2n) is 8.41. The lowest BCUT2D eigenvalue weighted by molar-refractivity contribution is -0.120. The van der Waals surface area contributed by atoms with Gasteiger partial charge in [0.25, 0.3) is 5.91 Å². The number of sulfonamides is 1. The Bertz CT molecular complexity index is 841. The smallest absolute Gasteiger partial charge is 0.251 e. The molecule has 1 aliphatic carbocycles. The van der Waals surface area contributed by atoms with Gasteiger partial charge in [-0.3, -0.25) is 9.59 Å². The minimum absolute atomic E-state index is 0.0577. The summed E-state index contributed by atoms with van der Waals surface area (Å²) in [5.74, 6) is -0.334. The third-order valence-electron chi connectivity index (χ3n) is 5.22. The summed E-state index contributed by atoms with van der Waals surface area (Å²) in [5, 5.41) is 5.35. The van der Waals surface area contributed by atoms with Crippen molar-refractivity contribution in [2.24, 2.45) is 5.92 Å². The van der Waals surface area contributed by atoms with Crippen molar-refractivity contribution in [1.29, 1.82) is 0 Å². The summed E-state index contributed by atoms with van der Waals surface area (Å²) in [6, 6.07) is 5.18. The first-order chi connectivity index (χ1) is 13.5. The number of carbonyl (C=O) groups is 2. The maximum atomic E-state index is 12.7. The quantitative estimate of drug-likeness (QED) is 0.627. The summed E-state index contributed by atoms with van der Waals surface area (Å²) in [7, 11) is -3.29. The number of hydrogen-bond donors (Lipinski definition) is 3. The molecule has 0 aromatic heterocycles. The van der Waals surface area contributed by atoms with Crippen LogP contribution in [0, 0.1) is 12.8 Å². The van der Waals surface area contributed by atoms with E-state index in [1.54, 1.807) is 32.0 Å². The Hall–Kier alpha value is -1.93. The first-order valence-corrected chi connectivity index (χ1v) is 11.8. The van der Waals surface area contributed by atoms with Crippen molar-refractivity contribution in [3.8, 4) is 0 Å². The molecule has 0 atom stereocenters. The van der Waals surface area contributed by atoms with E-state index in [0.717, 1.165) is 5.56 Å². The molecular weight excluding hydrogens is 390 g/mol. The molecule has 1 saturated carbocycles. The molecule has 8 heteroatoms. The van der Waals surface area contributed by atoms with Gasteiger partial charge in [-0.25, -0.2) is 13.1 Å². The molecule has 0 aliphatic heterocycles. The molecule has 0 bridgehead atoms. The van der Waals surface area contributed by atoms with Crippen molar-refractivity contribution in [2.45, 2.75) is 77.6 Å². The third kappa shape index (κ3) is 6.54. The fourth-order valence-electron chi connectivity index (χ4n) is 3.37. The van der Waals surface area contributed by atoms with E-state index in [2.05, 4.69) is 15.4 Å². The Morgan fingerprint density at radius 2 is 1.66 bits per heavy atom. The number of anilines is 1. The molecule has 2 amide bonds. The molecule has 0 unspecified atom stereocenters. The topological polar surface area (TPSA) is 104 Å². The van der Waals surface area contributed by atoms with Crippen LogP contribution in [0.15, 0.2) is 18.2 Å². The van der Waals surface area contributed by atoms with Gasteiger partial charge in [0.1, 0.15) is 0 Å². The molecule has 0 heterocycles. The van der Waals surface area contributed by atoms with Crippen molar-refractivity contribution in [1.82, 2.24) is 10.0 Å². The highest BCUT2D eigenvalue weighted by Crippen LogP contribution is 2.27. The lowest BCUT2D eigenvalue weighted by atomic mass is 9.86.